The van der Waals surface area contributed by atoms with Crippen LogP contribution in [0.15, 0.2) is 66.7 Å². The molecule has 3 rings (SSSR count). The van der Waals surface area contributed by atoms with Gasteiger partial charge in [-0.3, -0.25) is 14.9 Å². The van der Waals surface area contributed by atoms with Crippen LogP contribution in [0.4, 0.5) is 5.69 Å². The van der Waals surface area contributed by atoms with E-state index in [9.17, 15) is 14.9 Å². The van der Waals surface area contributed by atoms with Crippen molar-refractivity contribution in [2.24, 2.45) is 0 Å². The summed E-state index contributed by atoms with van der Waals surface area (Å²) < 4.78 is 11.2. The first-order valence-corrected chi connectivity index (χ1v) is 12.2. The van der Waals surface area contributed by atoms with E-state index in [1.807, 2.05) is 24.3 Å². The van der Waals surface area contributed by atoms with Gasteiger partial charge in [0.25, 0.3) is 5.69 Å². The summed E-state index contributed by atoms with van der Waals surface area (Å²) in [7, 11) is 0. The van der Waals surface area contributed by atoms with Crippen molar-refractivity contribution in [1.29, 1.82) is 0 Å². The smallest absolute Gasteiger partial charge is 0.311 e. The van der Waals surface area contributed by atoms with Crippen molar-refractivity contribution in [3.05, 3.63) is 76.8 Å². The third-order valence-corrected chi connectivity index (χ3v) is 5.81. The predicted octanol–water partition coefficient (Wildman–Crippen LogP) is 7.63. The minimum Gasteiger partial charge on any atom is -0.493 e. The highest BCUT2D eigenvalue weighted by Gasteiger charge is 2.08. The Bertz CT molecular complexity index is 1040. The molecule has 3 aromatic carbocycles. The Morgan fingerprint density at radius 3 is 2.06 bits per heavy atom. The third kappa shape index (κ3) is 8.50. The second kappa shape index (κ2) is 14.0. The van der Waals surface area contributed by atoms with Crippen molar-refractivity contribution in [1.82, 2.24) is 0 Å². The Morgan fingerprint density at radius 2 is 1.35 bits per heavy atom. The monoisotopic (exact) mass is 463 g/mol. The summed E-state index contributed by atoms with van der Waals surface area (Å²) in [6.07, 6.45) is 10.4. The van der Waals surface area contributed by atoms with Crippen LogP contribution in [0.5, 0.6) is 11.5 Å². The van der Waals surface area contributed by atoms with E-state index in [2.05, 4.69) is 18.2 Å². The molecule has 0 aliphatic carbocycles. The second-order valence-corrected chi connectivity index (χ2v) is 8.48. The van der Waals surface area contributed by atoms with Crippen LogP contribution < -0.4 is 9.47 Å². The van der Waals surface area contributed by atoms with Crippen LogP contribution in [0, 0.1) is 10.1 Å². The van der Waals surface area contributed by atoms with Crippen molar-refractivity contribution in [2.75, 3.05) is 6.61 Å². The fraction of sp³-hybridized carbons (Fsp3) is 0.393. The van der Waals surface area contributed by atoms with Gasteiger partial charge in [0.2, 0.25) is 0 Å². The van der Waals surface area contributed by atoms with Crippen LogP contribution in [-0.2, 0) is 4.79 Å². The molecular weight excluding hydrogens is 430 g/mol. The Labute approximate surface area is 201 Å². The van der Waals surface area contributed by atoms with E-state index < -0.39 is 4.92 Å². The number of unbranched alkanes of at least 4 members (excludes halogenated alkanes) is 8. The van der Waals surface area contributed by atoms with Crippen LogP contribution in [-0.4, -0.2) is 17.5 Å². The molecule has 0 radical (unpaired) electrons. The van der Waals surface area contributed by atoms with Crippen LogP contribution in [0.2, 0.25) is 0 Å². The van der Waals surface area contributed by atoms with Gasteiger partial charge in [0.15, 0.2) is 0 Å². The fourth-order valence-corrected chi connectivity index (χ4v) is 3.93. The van der Waals surface area contributed by atoms with Crippen LogP contribution in [0.3, 0.4) is 0 Å². The first-order chi connectivity index (χ1) is 16.6. The second-order valence-electron chi connectivity index (χ2n) is 8.48. The van der Waals surface area contributed by atoms with E-state index >= 15 is 0 Å². The number of nitrogens with zero attached hydrogens (tertiary/aromatic N) is 1. The summed E-state index contributed by atoms with van der Waals surface area (Å²) in [6, 6.07) is 20.1. The molecule has 6 nitrogen and oxygen atoms in total. The number of nitro benzene ring substituents is 1. The summed E-state index contributed by atoms with van der Waals surface area (Å²) in [4.78, 5) is 22.0. The molecule has 0 amide bonds. The number of nitro groups is 1. The molecule has 0 aliphatic rings. The molecule has 0 fully saturated rings. The summed E-state index contributed by atoms with van der Waals surface area (Å²) in [5.74, 6) is 1.02. The van der Waals surface area contributed by atoms with E-state index in [4.69, 9.17) is 9.47 Å². The third-order valence-electron chi connectivity index (χ3n) is 5.81. The van der Waals surface area contributed by atoms with E-state index in [1.54, 1.807) is 0 Å². The van der Waals surface area contributed by atoms with Gasteiger partial charge in [-0.15, -0.1) is 0 Å². The van der Waals surface area contributed by atoms with Crippen molar-refractivity contribution in [2.45, 2.75) is 64.2 Å². The zero-order valence-corrected chi connectivity index (χ0v) is 19.6. The van der Waals surface area contributed by atoms with Gasteiger partial charge in [-0.05, 0) is 36.4 Å². The molecule has 0 aliphatic heterocycles. The number of carbonyl (C=O) groups excluding carboxylic acids is 1. The van der Waals surface area contributed by atoms with Gasteiger partial charge in [0.05, 0.1) is 11.5 Å². The van der Waals surface area contributed by atoms with Gasteiger partial charge >= 0.3 is 5.97 Å². The maximum Gasteiger partial charge on any atom is 0.311 e. The summed E-state index contributed by atoms with van der Waals surface area (Å²) in [5, 5.41) is 13.0. The SMILES string of the molecule is O=C(CCCCCCCCCCCOc1cccc2ccccc12)Oc1ccc([N+](=O)[O-])cc1. The molecule has 0 N–H and O–H groups in total. The zero-order chi connectivity index (χ0) is 24.0. The molecule has 180 valence electrons. The molecule has 34 heavy (non-hydrogen) atoms. The predicted molar refractivity (Wildman–Crippen MR) is 134 cm³/mol. The molecular formula is C28H33NO5. The van der Waals surface area contributed by atoms with Crippen LogP contribution in [0.1, 0.15) is 64.2 Å². The van der Waals surface area contributed by atoms with E-state index in [0.29, 0.717) is 12.2 Å². The highest BCUT2D eigenvalue weighted by Crippen LogP contribution is 2.25. The van der Waals surface area contributed by atoms with Gasteiger partial charge in [0, 0.05) is 23.9 Å². The number of hydrogen-bond acceptors (Lipinski definition) is 5. The first-order valence-electron chi connectivity index (χ1n) is 12.2. The van der Waals surface area contributed by atoms with Gasteiger partial charge in [-0.25, -0.2) is 0 Å². The lowest BCUT2D eigenvalue weighted by molar-refractivity contribution is -0.384. The van der Waals surface area contributed by atoms with E-state index in [-0.39, 0.29) is 11.7 Å². The Kier molecular flexibility index (Phi) is 10.4. The average molecular weight is 464 g/mol. The average Bonchev–Trinajstić information content (AvgIpc) is 2.85. The van der Waals surface area contributed by atoms with Crippen LogP contribution in [0.25, 0.3) is 10.8 Å². The first kappa shape index (κ1) is 25.2. The molecule has 0 atom stereocenters. The largest absolute Gasteiger partial charge is 0.493 e. The number of ether oxygens (including phenoxy) is 2. The normalized spacial score (nSPS) is 10.8. The highest BCUT2D eigenvalue weighted by atomic mass is 16.6. The number of benzene rings is 3. The molecule has 0 heterocycles. The standard InChI is InChI=1S/C28H33NO5/c30-28(34-25-20-18-24(19-21-25)29(31)32)17-8-6-4-2-1-3-5-7-11-22-33-27-16-12-14-23-13-9-10-15-26(23)27/h9-10,12-16,18-21H,1-8,11,17,22H2. The summed E-state index contributed by atoms with van der Waals surface area (Å²) in [5.41, 5.74) is -0.0194. The number of esters is 1. The molecule has 0 bridgehead atoms. The Morgan fingerprint density at radius 1 is 0.735 bits per heavy atom. The van der Waals surface area contributed by atoms with Crippen molar-refractivity contribution < 1.29 is 19.2 Å². The summed E-state index contributed by atoms with van der Waals surface area (Å²) >= 11 is 0. The van der Waals surface area contributed by atoms with Crippen molar-refractivity contribution in [3.8, 4) is 11.5 Å². The van der Waals surface area contributed by atoms with Gasteiger partial charge < -0.3 is 9.47 Å². The molecule has 0 unspecified atom stereocenters. The maximum atomic E-state index is 11.9. The van der Waals surface area contributed by atoms with E-state index in [1.165, 1.54) is 67.1 Å². The van der Waals surface area contributed by atoms with Gasteiger partial charge in [-0.2, -0.15) is 0 Å². The number of non-ortho nitro benzene ring substituents is 1. The minimum absolute atomic E-state index is 0.0194. The number of carbonyl (C=O) groups is 1. The highest BCUT2D eigenvalue weighted by molar-refractivity contribution is 5.88. The topological polar surface area (TPSA) is 78.7 Å². The zero-order valence-electron chi connectivity index (χ0n) is 19.6. The molecule has 3 aromatic rings. The molecule has 0 aromatic heterocycles. The lowest BCUT2D eigenvalue weighted by Crippen LogP contribution is -2.07. The minimum atomic E-state index is -0.479. The van der Waals surface area contributed by atoms with Gasteiger partial charge in [-0.1, -0.05) is 81.3 Å². The number of hydrogen-bond donors (Lipinski definition) is 0. The lowest BCUT2D eigenvalue weighted by atomic mass is 10.1. The Hall–Kier alpha value is -3.41. The lowest BCUT2D eigenvalue weighted by Gasteiger charge is -2.09. The number of rotatable bonds is 15. The molecule has 0 spiro atoms. The van der Waals surface area contributed by atoms with Gasteiger partial charge in [0.1, 0.15) is 11.5 Å². The Balaban J connectivity index is 1.15. The van der Waals surface area contributed by atoms with Crippen molar-refractivity contribution in [3.63, 3.8) is 0 Å². The van der Waals surface area contributed by atoms with Crippen molar-refractivity contribution >= 4 is 22.4 Å². The summed E-state index contributed by atoms with van der Waals surface area (Å²) in [6.45, 7) is 0.754. The maximum absolute atomic E-state index is 11.9. The molecule has 0 saturated heterocycles. The fourth-order valence-electron chi connectivity index (χ4n) is 3.93. The number of fused-ring (bicyclic) bond motifs is 1. The quantitative estimate of drug-likeness (QED) is 0.0761. The molecule has 0 saturated carbocycles. The van der Waals surface area contributed by atoms with E-state index in [0.717, 1.165) is 38.0 Å². The molecule has 6 heteroatoms. The van der Waals surface area contributed by atoms with Crippen LogP contribution >= 0.6 is 0 Å².